The number of rotatable bonds is 4. The number of halogens is 3. The van der Waals surface area contributed by atoms with E-state index in [1.807, 2.05) is 0 Å². The van der Waals surface area contributed by atoms with Gasteiger partial charge in [-0.3, -0.25) is 4.74 Å². The first kappa shape index (κ1) is 9.45. The van der Waals surface area contributed by atoms with E-state index in [2.05, 4.69) is 16.1 Å². The fraction of sp³-hybridized carbons (Fsp3) is 0.600. The predicted octanol–water partition coefficient (Wildman–Crippen LogP) is 1.68. The van der Waals surface area contributed by atoms with E-state index in [0.29, 0.717) is 0 Å². The molecule has 0 heterocycles. The van der Waals surface area contributed by atoms with Gasteiger partial charge in [-0.1, -0.05) is 6.08 Å². The molecular formula is C5H7F3O2. The van der Waals surface area contributed by atoms with E-state index in [1.54, 1.807) is 0 Å². The zero-order valence-electron chi connectivity index (χ0n) is 5.15. The number of hydrogen-bond donors (Lipinski definition) is 0. The third kappa shape index (κ3) is 7.45. The third-order valence-electron chi connectivity index (χ3n) is 0.542. The second-order valence-corrected chi connectivity index (χ2v) is 1.37. The maximum Gasteiger partial charge on any atom is 0.524 e. The summed E-state index contributed by atoms with van der Waals surface area (Å²) in [7, 11) is 0. The fourth-order valence-electron chi connectivity index (χ4n) is 0.240. The molecule has 60 valence electrons. The summed E-state index contributed by atoms with van der Waals surface area (Å²) in [5, 5.41) is 0. The van der Waals surface area contributed by atoms with Gasteiger partial charge in [0.1, 0.15) is 0 Å². The van der Waals surface area contributed by atoms with E-state index in [1.165, 1.54) is 6.08 Å². The standard InChI is InChI=1S/C5H7F3O2/c1-2-3-9-4-10-5(6,7)8/h2H,1,3-4H2. The van der Waals surface area contributed by atoms with Crippen LogP contribution in [0, 0.1) is 0 Å². The summed E-state index contributed by atoms with van der Waals surface area (Å²) in [6, 6.07) is 0. The molecule has 0 amide bonds. The molecule has 0 radical (unpaired) electrons. The average Bonchev–Trinajstić information content (AvgIpc) is 1.78. The Morgan fingerprint density at radius 3 is 2.40 bits per heavy atom. The van der Waals surface area contributed by atoms with Gasteiger partial charge in [0.05, 0.1) is 6.61 Å². The van der Waals surface area contributed by atoms with Gasteiger partial charge in [-0.05, 0) is 0 Å². The van der Waals surface area contributed by atoms with E-state index in [4.69, 9.17) is 0 Å². The van der Waals surface area contributed by atoms with Crippen LogP contribution < -0.4 is 0 Å². The van der Waals surface area contributed by atoms with Crippen LogP contribution in [0.2, 0.25) is 0 Å². The monoisotopic (exact) mass is 156 g/mol. The molecule has 0 unspecified atom stereocenters. The highest BCUT2D eigenvalue weighted by Gasteiger charge is 2.28. The molecule has 0 aliphatic rings. The molecule has 0 spiro atoms. The lowest BCUT2D eigenvalue weighted by Crippen LogP contribution is -2.15. The van der Waals surface area contributed by atoms with E-state index in [-0.39, 0.29) is 6.61 Å². The summed E-state index contributed by atoms with van der Waals surface area (Å²) >= 11 is 0. The highest BCUT2D eigenvalue weighted by Crippen LogP contribution is 2.15. The summed E-state index contributed by atoms with van der Waals surface area (Å²) in [5.41, 5.74) is 0. The number of hydrogen-bond acceptors (Lipinski definition) is 2. The van der Waals surface area contributed by atoms with Crippen molar-refractivity contribution in [2.45, 2.75) is 6.36 Å². The second-order valence-electron chi connectivity index (χ2n) is 1.37. The first-order chi connectivity index (χ1) is 4.56. The van der Waals surface area contributed by atoms with Gasteiger partial charge >= 0.3 is 6.36 Å². The van der Waals surface area contributed by atoms with Crippen LogP contribution in [-0.4, -0.2) is 19.8 Å². The Kier molecular flexibility index (Phi) is 4.06. The molecule has 0 saturated carbocycles. The van der Waals surface area contributed by atoms with E-state index < -0.39 is 13.2 Å². The predicted molar refractivity (Wildman–Crippen MR) is 28.2 cm³/mol. The minimum Gasteiger partial charge on any atom is -0.351 e. The lowest BCUT2D eigenvalue weighted by Gasteiger charge is -2.05. The largest absolute Gasteiger partial charge is 0.524 e. The second kappa shape index (κ2) is 4.29. The SMILES string of the molecule is C=CCOCOC(F)(F)F. The molecule has 0 bridgehead atoms. The molecule has 0 fully saturated rings. The Hall–Kier alpha value is -0.550. The summed E-state index contributed by atoms with van der Waals surface area (Å²) < 4.78 is 41.0. The van der Waals surface area contributed by atoms with Crippen molar-refractivity contribution >= 4 is 0 Å². The molecule has 10 heavy (non-hydrogen) atoms. The van der Waals surface area contributed by atoms with E-state index in [0.717, 1.165) is 0 Å². The zero-order chi connectivity index (χ0) is 8.04. The first-order valence-electron chi connectivity index (χ1n) is 2.45. The lowest BCUT2D eigenvalue weighted by atomic mass is 10.7. The molecule has 2 nitrogen and oxygen atoms in total. The smallest absolute Gasteiger partial charge is 0.351 e. The fourth-order valence-corrected chi connectivity index (χ4v) is 0.240. The van der Waals surface area contributed by atoms with Gasteiger partial charge in [0.15, 0.2) is 6.79 Å². The maximum atomic E-state index is 11.2. The maximum absolute atomic E-state index is 11.2. The van der Waals surface area contributed by atoms with E-state index >= 15 is 0 Å². The van der Waals surface area contributed by atoms with Crippen molar-refractivity contribution in [1.82, 2.24) is 0 Å². The van der Waals surface area contributed by atoms with Gasteiger partial charge in [0.25, 0.3) is 0 Å². The van der Waals surface area contributed by atoms with Gasteiger partial charge in [-0.15, -0.1) is 19.8 Å². The van der Waals surface area contributed by atoms with Crippen molar-refractivity contribution in [3.05, 3.63) is 12.7 Å². The molecule has 0 atom stereocenters. The molecule has 0 aromatic heterocycles. The van der Waals surface area contributed by atoms with Crippen LogP contribution >= 0.6 is 0 Å². The quantitative estimate of drug-likeness (QED) is 0.350. The molecule has 0 saturated heterocycles. The number of alkyl halides is 3. The van der Waals surface area contributed by atoms with Crippen LogP contribution in [0.15, 0.2) is 12.7 Å². The van der Waals surface area contributed by atoms with Crippen molar-refractivity contribution in [3.8, 4) is 0 Å². The average molecular weight is 156 g/mol. The van der Waals surface area contributed by atoms with Crippen LogP contribution in [0.25, 0.3) is 0 Å². The van der Waals surface area contributed by atoms with Gasteiger partial charge in [0.2, 0.25) is 0 Å². The van der Waals surface area contributed by atoms with E-state index in [9.17, 15) is 13.2 Å². The molecule has 0 N–H and O–H groups in total. The zero-order valence-corrected chi connectivity index (χ0v) is 5.15. The van der Waals surface area contributed by atoms with Crippen LogP contribution in [0.1, 0.15) is 0 Å². The molecule has 0 aromatic rings. The molecule has 5 heteroatoms. The van der Waals surface area contributed by atoms with Gasteiger partial charge < -0.3 is 4.74 Å². The highest BCUT2D eigenvalue weighted by atomic mass is 19.4. The summed E-state index contributed by atoms with van der Waals surface area (Å²) in [5.74, 6) is 0. The Balaban J connectivity index is 3.12. The van der Waals surface area contributed by atoms with Crippen LogP contribution in [-0.2, 0) is 9.47 Å². The Labute approximate surface area is 56.2 Å². The van der Waals surface area contributed by atoms with Crippen molar-refractivity contribution in [2.24, 2.45) is 0 Å². The van der Waals surface area contributed by atoms with Crippen LogP contribution in [0.5, 0.6) is 0 Å². The van der Waals surface area contributed by atoms with Crippen molar-refractivity contribution < 1.29 is 22.6 Å². The van der Waals surface area contributed by atoms with Crippen LogP contribution in [0.4, 0.5) is 13.2 Å². The Morgan fingerprint density at radius 1 is 1.40 bits per heavy atom. The molecule has 0 aliphatic carbocycles. The highest BCUT2D eigenvalue weighted by molar-refractivity contribution is 4.62. The molecular weight excluding hydrogens is 149 g/mol. The first-order valence-corrected chi connectivity index (χ1v) is 2.45. The van der Waals surface area contributed by atoms with Crippen molar-refractivity contribution in [1.29, 1.82) is 0 Å². The Bertz CT molecular complexity index is 99.6. The minimum atomic E-state index is -4.61. The summed E-state index contributed by atoms with van der Waals surface area (Å²) in [6.45, 7) is 2.50. The summed E-state index contributed by atoms with van der Waals surface area (Å²) in [4.78, 5) is 0. The van der Waals surface area contributed by atoms with Gasteiger partial charge in [0, 0.05) is 0 Å². The topological polar surface area (TPSA) is 18.5 Å². The van der Waals surface area contributed by atoms with Gasteiger partial charge in [-0.25, -0.2) is 0 Å². The number of ether oxygens (including phenoxy) is 2. The summed E-state index contributed by atoms with van der Waals surface area (Å²) in [6.07, 6.45) is -3.28. The van der Waals surface area contributed by atoms with Crippen molar-refractivity contribution in [2.75, 3.05) is 13.4 Å². The normalized spacial score (nSPS) is 11.5. The molecule has 0 aromatic carbocycles. The Morgan fingerprint density at radius 2 is 2.00 bits per heavy atom. The lowest BCUT2D eigenvalue weighted by molar-refractivity contribution is -0.348. The van der Waals surface area contributed by atoms with Gasteiger partial charge in [-0.2, -0.15) is 0 Å². The van der Waals surface area contributed by atoms with Crippen molar-refractivity contribution in [3.63, 3.8) is 0 Å². The third-order valence-corrected chi connectivity index (χ3v) is 0.542. The van der Waals surface area contributed by atoms with Crippen LogP contribution in [0.3, 0.4) is 0 Å². The molecule has 0 rings (SSSR count). The minimum absolute atomic E-state index is 0.0517. The molecule has 0 aliphatic heterocycles.